The Labute approximate surface area is 181 Å². The third-order valence-electron chi connectivity index (χ3n) is 6.26. The van der Waals surface area contributed by atoms with Crippen molar-refractivity contribution in [3.8, 4) is 0 Å². The Morgan fingerprint density at radius 1 is 1.13 bits per heavy atom. The number of carbonyl (C=O) groups is 2. The van der Waals surface area contributed by atoms with Crippen molar-refractivity contribution in [1.29, 1.82) is 0 Å². The fourth-order valence-electron chi connectivity index (χ4n) is 4.46. The third-order valence-corrected chi connectivity index (χ3v) is 6.26. The summed E-state index contributed by atoms with van der Waals surface area (Å²) in [7, 11) is 0. The molecule has 2 saturated heterocycles. The second-order valence-electron chi connectivity index (χ2n) is 8.30. The van der Waals surface area contributed by atoms with Gasteiger partial charge in [-0.25, -0.2) is 4.98 Å². The van der Waals surface area contributed by atoms with Crippen molar-refractivity contribution < 1.29 is 14.3 Å². The minimum absolute atomic E-state index is 0.101. The number of fused-ring (bicyclic) bond motifs is 1. The summed E-state index contributed by atoms with van der Waals surface area (Å²) in [6.07, 6.45) is 8.07. The number of benzene rings is 1. The molecule has 0 aliphatic carbocycles. The molecule has 2 fully saturated rings. The number of rotatable bonds is 5. The number of nitrogens with one attached hydrogen (secondary N) is 1. The maximum absolute atomic E-state index is 12.6. The van der Waals surface area contributed by atoms with Gasteiger partial charge in [0.2, 0.25) is 0 Å². The lowest BCUT2D eigenvalue weighted by molar-refractivity contribution is -0.139. The molecule has 1 N–H and O–H groups in total. The van der Waals surface area contributed by atoms with E-state index in [1.807, 2.05) is 58.1 Å². The lowest BCUT2D eigenvalue weighted by atomic mass is 9.97. The maximum atomic E-state index is 12.6. The summed E-state index contributed by atoms with van der Waals surface area (Å²) in [6, 6.07) is 11.7. The van der Waals surface area contributed by atoms with E-state index in [4.69, 9.17) is 4.74 Å². The highest BCUT2D eigenvalue weighted by atomic mass is 16.5. The van der Waals surface area contributed by atoms with E-state index in [1.165, 1.54) is 5.56 Å². The Morgan fingerprint density at radius 2 is 2.00 bits per heavy atom. The van der Waals surface area contributed by atoms with E-state index in [1.54, 1.807) is 6.20 Å². The fraction of sp³-hybridized carbons (Fsp3) is 0.375. The molecule has 1 unspecified atom stereocenters. The molecule has 2 aliphatic heterocycles. The molecule has 0 bridgehead atoms. The number of aromatic nitrogens is 2. The topological polar surface area (TPSA) is 75.9 Å². The van der Waals surface area contributed by atoms with Crippen LogP contribution in [0.5, 0.6) is 0 Å². The van der Waals surface area contributed by atoms with Crippen molar-refractivity contribution >= 4 is 17.5 Å². The van der Waals surface area contributed by atoms with Gasteiger partial charge in [-0.3, -0.25) is 9.59 Å². The quantitative estimate of drug-likeness (QED) is 0.691. The Kier molecular flexibility index (Phi) is 5.42. The Balaban J connectivity index is 1.16. The van der Waals surface area contributed by atoms with Crippen LogP contribution in [0.15, 0.2) is 55.0 Å². The van der Waals surface area contributed by atoms with Gasteiger partial charge >= 0.3 is 0 Å². The van der Waals surface area contributed by atoms with Gasteiger partial charge in [0.25, 0.3) is 11.8 Å². The molecule has 5 rings (SSSR count). The molecule has 0 saturated carbocycles. The first kappa shape index (κ1) is 19.8. The van der Waals surface area contributed by atoms with Gasteiger partial charge in [0.15, 0.2) is 0 Å². The molecule has 2 amide bonds. The average molecular weight is 418 g/mol. The number of hydrogen-bond donors (Lipinski definition) is 1. The van der Waals surface area contributed by atoms with Crippen molar-refractivity contribution in [2.24, 2.45) is 0 Å². The number of likely N-dealkylation sites (tertiary alicyclic amines) is 1. The van der Waals surface area contributed by atoms with Crippen molar-refractivity contribution in [3.05, 3.63) is 71.7 Å². The Hall–Kier alpha value is -3.19. The summed E-state index contributed by atoms with van der Waals surface area (Å²) < 4.78 is 7.47. The van der Waals surface area contributed by atoms with Crippen LogP contribution in [0.25, 0.3) is 5.65 Å². The number of carbonyl (C=O) groups excluding carboxylic acids is 2. The molecule has 7 heteroatoms. The number of pyridine rings is 1. The van der Waals surface area contributed by atoms with Crippen LogP contribution in [0, 0.1) is 0 Å². The maximum Gasteiger partial charge on any atom is 0.251 e. The summed E-state index contributed by atoms with van der Waals surface area (Å²) in [5.41, 5.74) is 3.67. The van der Waals surface area contributed by atoms with Gasteiger partial charge < -0.3 is 19.4 Å². The lowest BCUT2D eigenvalue weighted by Crippen LogP contribution is -2.37. The summed E-state index contributed by atoms with van der Waals surface area (Å²) in [5.74, 6) is 0.338. The van der Waals surface area contributed by atoms with Crippen LogP contribution in [-0.4, -0.2) is 51.9 Å². The lowest BCUT2D eigenvalue weighted by Gasteiger charge is -2.20. The predicted octanol–water partition coefficient (Wildman–Crippen LogP) is 2.76. The molecular weight excluding hydrogens is 392 g/mol. The minimum atomic E-state index is -0.251. The summed E-state index contributed by atoms with van der Waals surface area (Å²) in [6.45, 7) is 2.63. The summed E-state index contributed by atoms with van der Waals surface area (Å²) in [5, 5.41) is 2.97. The van der Waals surface area contributed by atoms with Crippen LogP contribution in [-0.2, 0) is 16.1 Å². The zero-order valence-electron chi connectivity index (χ0n) is 17.4. The molecule has 0 spiro atoms. The summed E-state index contributed by atoms with van der Waals surface area (Å²) >= 11 is 0. The molecular formula is C24H26N4O3. The molecule has 3 aromatic rings. The molecule has 4 heterocycles. The number of hydrogen-bond acceptors (Lipinski definition) is 4. The standard InChI is InChI=1S/C24H26N4O3/c29-23(26-15-17-7-10-27-12-9-25-22(27)14-17)19-5-3-18(4-6-19)20-8-11-28(16-20)24(30)21-2-1-13-31-21/h3-7,9-10,12,14,20-21H,1-2,8,11,13,15-16H2,(H,26,29)/t20?,21-/m0/s1. The predicted molar refractivity (Wildman–Crippen MR) is 116 cm³/mol. The number of amides is 2. The van der Waals surface area contributed by atoms with Crippen molar-refractivity contribution in [2.45, 2.75) is 37.8 Å². The number of imidazole rings is 1. The average Bonchev–Trinajstić information content (AvgIpc) is 3.58. The van der Waals surface area contributed by atoms with Gasteiger partial charge in [-0.1, -0.05) is 12.1 Å². The van der Waals surface area contributed by atoms with Crippen molar-refractivity contribution in [1.82, 2.24) is 19.6 Å². The fourth-order valence-corrected chi connectivity index (χ4v) is 4.46. The molecule has 2 aromatic heterocycles. The second-order valence-corrected chi connectivity index (χ2v) is 8.30. The van der Waals surface area contributed by atoms with Crippen LogP contribution in [0.1, 0.15) is 46.7 Å². The van der Waals surface area contributed by atoms with Crippen LogP contribution in [0.2, 0.25) is 0 Å². The van der Waals surface area contributed by atoms with Crippen molar-refractivity contribution in [3.63, 3.8) is 0 Å². The van der Waals surface area contributed by atoms with Crippen LogP contribution in [0.4, 0.5) is 0 Å². The molecule has 2 aliphatic rings. The van der Waals surface area contributed by atoms with Crippen LogP contribution >= 0.6 is 0 Å². The number of ether oxygens (including phenoxy) is 1. The van der Waals surface area contributed by atoms with E-state index in [2.05, 4.69) is 10.3 Å². The van der Waals surface area contributed by atoms with E-state index in [-0.39, 0.29) is 17.9 Å². The van der Waals surface area contributed by atoms with Gasteiger partial charge in [0.1, 0.15) is 11.8 Å². The highest BCUT2D eigenvalue weighted by Crippen LogP contribution is 2.29. The monoisotopic (exact) mass is 418 g/mol. The van der Waals surface area contributed by atoms with Gasteiger partial charge in [-0.15, -0.1) is 0 Å². The molecule has 160 valence electrons. The largest absolute Gasteiger partial charge is 0.368 e. The zero-order valence-corrected chi connectivity index (χ0v) is 17.4. The van der Waals surface area contributed by atoms with Gasteiger partial charge in [0.05, 0.1) is 0 Å². The highest BCUT2D eigenvalue weighted by Gasteiger charge is 2.33. The third kappa shape index (κ3) is 4.18. The zero-order chi connectivity index (χ0) is 21.2. The van der Waals surface area contributed by atoms with E-state index in [0.717, 1.165) is 43.6 Å². The smallest absolute Gasteiger partial charge is 0.251 e. The first-order valence-corrected chi connectivity index (χ1v) is 10.9. The van der Waals surface area contributed by atoms with Gasteiger partial charge in [-0.05, 0) is 54.7 Å². The van der Waals surface area contributed by atoms with E-state index in [0.29, 0.717) is 24.6 Å². The molecule has 31 heavy (non-hydrogen) atoms. The number of nitrogens with zero attached hydrogens (tertiary/aromatic N) is 3. The highest BCUT2D eigenvalue weighted by molar-refractivity contribution is 5.94. The molecule has 7 nitrogen and oxygen atoms in total. The first-order chi connectivity index (χ1) is 15.2. The van der Waals surface area contributed by atoms with E-state index >= 15 is 0 Å². The van der Waals surface area contributed by atoms with E-state index < -0.39 is 0 Å². The second kappa shape index (κ2) is 8.51. The molecule has 2 atom stereocenters. The van der Waals surface area contributed by atoms with Crippen LogP contribution < -0.4 is 5.32 Å². The van der Waals surface area contributed by atoms with Crippen LogP contribution in [0.3, 0.4) is 0 Å². The Bertz CT molecular complexity index is 1090. The first-order valence-electron chi connectivity index (χ1n) is 10.9. The van der Waals surface area contributed by atoms with Gasteiger partial charge in [0, 0.05) is 56.3 Å². The van der Waals surface area contributed by atoms with Crippen molar-refractivity contribution in [2.75, 3.05) is 19.7 Å². The normalized spacial score (nSPS) is 21.0. The summed E-state index contributed by atoms with van der Waals surface area (Å²) in [4.78, 5) is 31.3. The molecule has 0 radical (unpaired) electrons. The SMILES string of the molecule is O=C(NCc1ccn2ccnc2c1)c1ccc(C2CCN(C(=O)[C@@H]3CCCO3)C2)cc1. The molecule has 1 aromatic carbocycles. The minimum Gasteiger partial charge on any atom is -0.368 e. The Morgan fingerprint density at radius 3 is 2.81 bits per heavy atom. The van der Waals surface area contributed by atoms with Gasteiger partial charge in [-0.2, -0.15) is 0 Å². The van der Waals surface area contributed by atoms with E-state index in [9.17, 15) is 9.59 Å².